The molecule has 8 nitrogen and oxygen atoms in total. The van der Waals surface area contributed by atoms with Gasteiger partial charge in [0.05, 0.1) is 12.4 Å². The zero-order valence-corrected chi connectivity index (χ0v) is 17.4. The number of unbranched alkanes of at least 4 members (excludes halogenated alkanes) is 1. The van der Waals surface area contributed by atoms with Crippen LogP contribution < -0.4 is 11.1 Å². The molecule has 3 amide bonds. The molecule has 1 aromatic carbocycles. The molecular formula is C20H32BN3O5. The van der Waals surface area contributed by atoms with Crippen LogP contribution in [0, 0.1) is 5.92 Å². The molecule has 1 rings (SSSR count). The minimum atomic E-state index is -1.76. The van der Waals surface area contributed by atoms with Crippen LogP contribution in [-0.4, -0.2) is 58.3 Å². The SMILES string of the molecule is CCCCN(C(=O)c1ccccc1)[C@@H](CC(N)=O)C(=O)N[C@@H](CC(C)C)B(O)O. The van der Waals surface area contributed by atoms with Gasteiger partial charge in [-0.2, -0.15) is 0 Å². The van der Waals surface area contributed by atoms with E-state index >= 15 is 0 Å². The Kier molecular flexibility index (Phi) is 10.4. The molecular weight excluding hydrogens is 373 g/mol. The first-order valence-corrected chi connectivity index (χ1v) is 9.98. The summed E-state index contributed by atoms with van der Waals surface area (Å²) in [5.41, 5.74) is 5.75. The summed E-state index contributed by atoms with van der Waals surface area (Å²) in [6.45, 7) is 5.99. The maximum absolute atomic E-state index is 13.1. The zero-order chi connectivity index (χ0) is 22.0. The monoisotopic (exact) mass is 405 g/mol. The number of benzene rings is 1. The fourth-order valence-electron chi connectivity index (χ4n) is 3.05. The number of nitrogens with one attached hydrogen (secondary N) is 1. The second-order valence-electron chi connectivity index (χ2n) is 7.56. The van der Waals surface area contributed by atoms with Crippen LogP contribution in [0.4, 0.5) is 0 Å². The first kappa shape index (κ1) is 24.7. The van der Waals surface area contributed by atoms with E-state index in [2.05, 4.69) is 5.32 Å². The lowest BCUT2D eigenvalue weighted by atomic mass is 9.75. The Labute approximate surface area is 172 Å². The molecule has 9 heteroatoms. The van der Waals surface area contributed by atoms with Gasteiger partial charge >= 0.3 is 7.12 Å². The molecule has 2 atom stereocenters. The van der Waals surface area contributed by atoms with E-state index in [4.69, 9.17) is 5.73 Å². The van der Waals surface area contributed by atoms with Crippen LogP contribution in [0.2, 0.25) is 0 Å². The van der Waals surface area contributed by atoms with Crippen LogP contribution in [0.5, 0.6) is 0 Å². The summed E-state index contributed by atoms with van der Waals surface area (Å²) < 4.78 is 0. The third kappa shape index (κ3) is 8.25. The topological polar surface area (TPSA) is 133 Å². The highest BCUT2D eigenvalue weighted by atomic mass is 16.4. The Morgan fingerprint density at radius 1 is 1.17 bits per heavy atom. The molecule has 0 fully saturated rings. The number of carbonyl (C=O) groups excluding carboxylic acids is 3. The largest absolute Gasteiger partial charge is 0.475 e. The normalized spacial score (nSPS) is 12.9. The summed E-state index contributed by atoms with van der Waals surface area (Å²) in [5, 5.41) is 21.8. The van der Waals surface area contributed by atoms with Crippen molar-refractivity contribution in [1.82, 2.24) is 10.2 Å². The van der Waals surface area contributed by atoms with Crippen LogP contribution >= 0.6 is 0 Å². The Hall–Kier alpha value is -2.39. The summed E-state index contributed by atoms with van der Waals surface area (Å²) in [7, 11) is -1.76. The lowest BCUT2D eigenvalue weighted by Gasteiger charge is -2.32. The van der Waals surface area contributed by atoms with Gasteiger partial charge in [-0.1, -0.05) is 45.4 Å². The Morgan fingerprint density at radius 3 is 2.28 bits per heavy atom. The number of hydrogen-bond donors (Lipinski definition) is 4. The van der Waals surface area contributed by atoms with Gasteiger partial charge in [0, 0.05) is 12.1 Å². The van der Waals surface area contributed by atoms with E-state index in [1.165, 1.54) is 4.90 Å². The molecule has 0 radical (unpaired) electrons. The van der Waals surface area contributed by atoms with Crippen LogP contribution in [0.15, 0.2) is 30.3 Å². The molecule has 0 aliphatic carbocycles. The molecule has 0 aromatic heterocycles. The van der Waals surface area contributed by atoms with E-state index < -0.39 is 30.9 Å². The van der Waals surface area contributed by atoms with Crippen molar-refractivity contribution in [1.29, 1.82) is 0 Å². The van der Waals surface area contributed by atoms with Crippen molar-refractivity contribution >= 4 is 24.8 Å². The van der Waals surface area contributed by atoms with Crippen molar-refractivity contribution in [2.75, 3.05) is 6.54 Å². The summed E-state index contributed by atoms with van der Waals surface area (Å²) in [6.07, 6.45) is 1.40. The van der Waals surface area contributed by atoms with E-state index in [0.29, 0.717) is 18.4 Å². The van der Waals surface area contributed by atoms with Gasteiger partial charge < -0.3 is 26.0 Å². The van der Waals surface area contributed by atoms with Gasteiger partial charge in [-0.15, -0.1) is 0 Å². The maximum atomic E-state index is 13.1. The average Bonchev–Trinajstić information content (AvgIpc) is 2.66. The highest BCUT2D eigenvalue weighted by Crippen LogP contribution is 2.15. The van der Waals surface area contributed by atoms with E-state index in [1.807, 2.05) is 20.8 Å². The van der Waals surface area contributed by atoms with Crippen molar-refractivity contribution < 1.29 is 24.4 Å². The summed E-state index contributed by atoms with van der Waals surface area (Å²) in [6, 6.07) is 7.35. The molecule has 5 N–H and O–H groups in total. The maximum Gasteiger partial charge on any atom is 0.475 e. The smallest absolute Gasteiger partial charge is 0.426 e. The molecule has 0 aliphatic heterocycles. The second-order valence-corrected chi connectivity index (χ2v) is 7.56. The molecule has 0 saturated carbocycles. The predicted octanol–water partition coefficient (Wildman–Crippen LogP) is 0.716. The lowest BCUT2D eigenvalue weighted by molar-refractivity contribution is -0.130. The van der Waals surface area contributed by atoms with Gasteiger partial charge in [0.25, 0.3) is 5.91 Å². The summed E-state index contributed by atoms with van der Waals surface area (Å²) >= 11 is 0. The fourth-order valence-corrected chi connectivity index (χ4v) is 3.05. The van der Waals surface area contributed by atoms with Crippen LogP contribution in [-0.2, 0) is 9.59 Å². The number of rotatable bonds is 12. The average molecular weight is 405 g/mol. The van der Waals surface area contributed by atoms with E-state index in [1.54, 1.807) is 30.3 Å². The fraction of sp³-hybridized carbons (Fsp3) is 0.550. The van der Waals surface area contributed by atoms with Gasteiger partial charge in [-0.3, -0.25) is 14.4 Å². The minimum Gasteiger partial charge on any atom is -0.426 e. The molecule has 0 aliphatic rings. The predicted molar refractivity (Wildman–Crippen MR) is 112 cm³/mol. The van der Waals surface area contributed by atoms with Crippen molar-refractivity contribution in [3.63, 3.8) is 0 Å². The Bertz CT molecular complexity index is 669. The van der Waals surface area contributed by atoms with Crippen molar-refractivity contribution in [3.8, 4) is 0 Å². The molecule has 29 heavy (non-hydrogen) atoms. The van der Waals surface area contributed by atoms with E-state index in [-0.39, 0.29) is 24.8 Å². The quantitative estimate of drug-likeness (QED) is 0.380. The Morgan fingerprint density at radius 2 is 1.79 bits per heavy atom. The molecule has 0 bridgehead atoms. The van der Waals surface area contributed by atoms with Crippen molar-refractivity contribution in [2.24, 2.45) is 11.7 Å². The van der Waals surface area contributed by atoms with Gasteiger partial charge in [0.1, 0.15) is 6.04 Å². The summed E-state index contributed by atoms with van der Waals surface area (Å²) in [4.78, 5) is 39.0. The van der Waals surface area contributed by atoms with Gasteiger partial charge in [-0.05, 0) is 30.9 Å². The standard InChI is InChI=1S/C20H32BN3O5/c1-4-5-11-24(20(27)15-9-7-6-8-10-15)16(13-18(22)25)19(26)23-17(21(28)29)12-14(2)3/h6-10,14,16-17,28-29H,4-5,11-13H2,1-3H3,(H2,22,25)(H,23,26)/t16-,17-/m0/s1. The number of hydrogen-bond acceptors (Lipinski definition) is 5. The number of nitrogens with zero attached hydrogens (tertiary/aromatic N) is 1. The van der Waals surface area contributed by atoms with Gasteiger partial charge in [0.2, 0.25) is 11.8 Å². The van der Waals surface area contributed by atoms with Gasteiger partial charge in [-0.25, -0.2) is 0 Å². The summed E-state index contributed by atoms with van der Waals surface area (Å²) in [5.74, 6) is -2.57. The molecule has 0 saturated heterocycles. The number of nitrogens with two attached hydrogens (primary N) is 1. The van der Waals surface area contributed by atoms with Crippen LogP contribution in [0.3, 0.4) is 0 Å². The molecule has 0 spiro atoms. The second kappa shape index (κ2) is 12.2. The Balaban J connectivity index is 3.17. The third-order valence-electron chi connectivity index (χ3n) is 4.52. The number of amides is 3. The molecule has 0 unspecified atom stereocenters. The molecule has 1 aromatic rings. The highest BCUT2D eigenvalue weighted by molar-refractivity contribution is 6.43. The highest BCUT2D eigenvalue weighted by Gasteiger charge is 2.35. The van der Waals surface area contributed by atoms with Crippen LogP contribution in [0.1, 0.15) is 56.8 Å². The van der Waals surface area contributed by atoms with Crippen molar-refractivity contribution in [2.45, 2.75) is 58.4 Å². The lowest BCUT2D eigenvalue weighted by Crippen LogP contribution is -2.56. The van der Waals surface area contributed by atoms with Gasteiger partial charge in [0.15, 0.2) is 0 Å². The molecule has 0 heterocycles. The zero-order valence-electron chi connectivity index (χ0n) is 17.4. The number of carbonyl (C=O) groups is 3. The van der Waals surface area contributed by atoms with Crippen LogP contribution in [0.25, 0.3) is 0 Å². The first-order chi connectivity index (χ1) is 13.7. The van der Waals surface area contributed by atoms with Crippen molar-refractivity contribution in [3.05, 3.63) is 35.9 Å². The molecule has 160 valence electrons. The number of primary amides is 1. The third-order valence-corrected chi connectivity index (χ3v) is 4.52. The van der Waals surface area contributed by atoms with E-state index in [0.717, 1.165) is 6.42 Å². The van der Waals surface area contributed by atoms with E-state index in [9.17, 15) is 24.4 Å². The first-order valence-electron chi connectivity index (χ1n) is 9.98. The minimum absolute atomic E-state index is 0.0961.